The molecule has 148 valence electrons. The number of amides is 1. The molecule has 1 amide bonds. The van der Waals surface area contributed by atoms with E-state index in [9.17, 15) is 19.2 Å². The third-order valence-electron chi connectivity index (χ3n) is 3.87. The molecule has 4 atom stereocenters. The Morgan fingerprint density at radius 1 is 1.11 bits per heavy atom. The van der Waals surface area contributed by atoms with Crippen LogP contribution in [0.3, 0.4) is 0 Å². The van der Waals surface area contributed by atoms with Gasteiger partial charge < -0.3 is 29.6 Å². The maximum absolute atomic E-state index is 11.6. The third kappa shape index (κ3) is 5.30. The van der Waals surface area contributed by atoms with Gasteiger partial charge in [0.1, 0.15) is 12.7 Å². The molecule has 10 heteroatoms. The number of primary amides is 1. The summed E-state index contributed by atoms with van der Waals surface area (Å²) in [4.78, 5) is 47.2. The molecule has 0 aromatic rings. The van der Waals surface area contributed by atoms with Gasteiger partial charge in [-0.15, -0.1) is 0 Å². The first-order chi connectivity index (χ1) is 12.7. The predicted octanol–water partition coefficient (Wildman–Crippen LogP) is -0.274. The molecule has 2 heterocycles. The highest BCUT2D eigenvalue weighted by Gasteiger charge is 2.51. The van der Waals surface area contributed by atoms with Crippen molar-refractivity contribution in [3.05, 3.63) is 24.0 Å². The molecule has 0 spiro atoms. The van der Waals surface area contributed by atoms with E-state index in [1.165, 1.54) is 31.9 Å². The van der Waals surface area contributed by atoms with Crippen LogP contribution in [0, 0.1) is 0 Å². The van der Waals surface area contributed by atoms with Crippen molar-refractivity contribution in [1.29, 1.82) is 0 Å². The number of rotatable bonds is 6. The summed E-state index contributed by atoms with van der Waals surface area (Å²) < 4.78 is 21.4. The molecule has 10 nitrogen and oxygen atoms in total. The van der Waals surface area contributed by atoms with Crippen molar-refractivity contribution in [1.82, 2.24) is 4.90 Å². The first-order valence-electron chi connectivity index (χ1n) is 8.27. The number of carbonyl (C=O) groups excluding carboxylic acids is 4. The van der Waals surface area contributed by atoms with Crippen LogP contribution in [-0.2, 0) is 38.1 Å². The van der Waals surface area contributed by atoms with Gasteiger partial charge in [0.15, 0.2) is 18.4 Å². The Morgan fingerprint density at radius 2 is 1.74 bits per heavy atom. The first-order valence-corrected chi connectivity index (χ1v) is 8.27. The Bertz CT molecular complexity index is 686. The van der Waals surface area contributed by atoms with E-state index in [1.807, 2.05) is 0 Å². The van der Waals surface area contributed by atoms with Gasteiger partial charge in [0.25, 0.3) is 0 Å². The highest BCUT2D eigenvalue weighted by atomic mass is 16.7. The van der Waals surface area contributed by atoms with E-state index in [1.54, 1.807) is 12.3 Å². The van der Waals surface area contributed by atoms with Crippen molar-refractivity contribution in [2.45, 2.75) is 51.7 Å². The topological polar surface area (TPSA) is 134 Å². The van der Waals surface area contributed by atoms with E-state index in [0.29, 0.717) is 12.0 Å². The molecular formula is C17H22N2O8. The molecule has 2 aliphatic heterocycles. The van der Waals surface area contributed by atoms with Gasteiger partial charge >= 0.3 is 17.9 Å². The highest BCUT2D eigenvalue weighted by molar-refractivity contribution is 5.92. The highest BCUT2D eigenvalue weighted by Crippen LogP contribution is 2.31. The van der Waals surface area contributed by atoms with Gasteiger partial charge in [-0.25, -0.2) is 0 Å². The van der Waals surface area contributed by atoms with Crippen molar-refractivity contribution in [3.63, 3.8) is 0 Å². The molecule has 0 aromatic heterocycles. The molecule has 27 heavy (non-hydrogen) atoms. The first kappa shape index (κ1) is 20.4. The number of allylic oxidation sites excluding steroid dienone is 1. The summed E-state index contributed by atoms with van der Waals surface area (Å²) in [6.07, 6.45) is 1.35. The smallest absolute Gasteiger partial charge is 0.303 e. The lowest BCUT2D eigenvalue weighted by atomic mass is 10.1. The molecule has 0 aromatic carbocycles. The molecular weight excluding hydrogens is 360 g/mol. The average Bonchev–Trinajstić information content (AvgIpc) is 2.89. The standard InChI is InChI=1S/C17H22N2O8/c1-9(20)24-8-13-14(25-10(2)21)15(26-11(3)22)17(27-13)19-6-4-5-12(7-19)16(18)23/h4,6-7,13-15,17H,5,8H2,1-3H3,(H2,18,23)/t13-,14-,15-,17?/m1/s1. The van der Waals surface area contributed by atoms with Gasteiger partial charge in [0.05, 0.1) is 0 Å². The fourth-order valence-electron chi connectivity index (χ4n) is 2.83. The normalized spacial score (nSPS) is 26.9. The Morgan fingerprint density at radius 3 is 2.30 bits per heavy atom. The number of hydrogen-bond donors (Lipinski definition) is 1. The quantitative estimate of drug-likeness (QED) is 0.486. The van der Waals surface area contributed by atoms with Crippen molar-refractivity contribution < 1.29 is 38.1 Å². The minimum atomic E-state index is -1.01. The second-order valence-electron chi connectivity index (χ2n) is 6.07. The van der Waals surface area contributed by atoms with Gasteiger partial charge in [-0.3, -0.25) is 19.2 Å². The van der Waals surface area contributed by atoms with Gasteiger partial charge in [-0.2, -0.15) is 0 Å². The summed E-state index contributed by atoms with van der Waals surface area (Å²) in [6.45, 7) is 3.43. The monoisotopic (exact) mass is 382 g/mol. The van der Waals surface area contributed by atoms with E-state index in [4.69, 9.17) is 24.7 Å². The van der Waals surface area contributed by atoms with Crippen molar-refractivity contribution in [3.8, 4) is 0 Å². The Hall–Kier alpha value is -2.88. The molecule has 2 aliphatic rings. The molecule has 0 radical (unpaired) electrons. The number of nitrogens with zero attached hydrogens (tertiary/aromatic N) is 1. The van der Waals surface area contributed by atoms with E-state index < -0.39 is 48.4 Å². The largest absolute Gasteiger partial charge is 0.463 e. The Labute approximate surface area is 155 Å². The molecule has 0 aliphatic carbocycles. The summed E-state index contributed by atoms with van der Waals surface area (Å²) >= 11 is 0. The molecule has 1 saturated heterocycles. The number of esters is 3. The Balaban J connectivity index is 2.32. The summed E-state index contributed by atoms with van der Waals surface area (Å²) in [6, 6.07) is 0. The summed E-state index contributed by atoms with van der Waals surface area (Å²) in [7, 11) is 0. The van der Waals surface area contributed by atoms with E-state index in [0.717, 1.165) is 0 Å². The van der Waals surface area contributed by atoms with E-state index in [2.05, 4.69) is 0 Å². The predicted molar refractivity (Wildman–Crippen MR) is 89.3 cm³/mol. The summed E-state index contributed by atoms with van der Waals surface area (Å²) in [5, 5.41) is 0. The minimum Gasteiger partial charge on any atom is -0.463 e. The van der Waals surface area contributed by atoms with Crippen LogP contribution in [0.5, 0.6) is 0 Å². The van der Waals surface area contributed by atoms with E-state index in [-0.39, 0.29) is 6.61 Å². The number of ether oxygens (including phenoxy) is 4. The fourth-order valence-corrected chi connectivity index (χ4v) is 2.83. The zero-order valence-corrected chi connectivity index (χ0v) is 15.2. The summed E-state index contributed by atoms with van der Waals surface area (Å²) in [5.74, 6) is -2.36. The lowest BCUT2D eigenvalue weighted by molar-refractivity contribution is -0.166. The van der Waals surface area contributed by atoms with Crippen LogP contribution in [0.4, 0.5) is 0 Å². The fraction of sp³-hybridized carbons (Fsp3) is 0.529. The maximum Gasteiger partial charge on any atom is 0.303 e. The molecule has 2 rings (SSSR count). The van der Waals surface area contributed by atoms with E-state index >= 15 is 0 Å². The maximum atomic E-state index is 11.6. The van der Waals surface area contributed by atoms with Crippen molar-refractivity contribution >= 4 is 23.8 Å². The minimum absolute atomic E-state index is 0.203. The molecule has 2 N–H and O–H groups in total. The van der Waals surface area contributed by atoms with Crippen LogP contribution < -0.4 is 5.73 Å². The average molecular weight is 382 g/mol. The second-order valence-corrected chi connectivity index (χ2v) is 6.07. The van der Waals surface area contributed by atoms with Crippen LogP contribution in [0.2, 0.25) is 0 Å². The van der Waals surface area contributed by atoms with Crippen LogP contribution in [0.1, 0.15) is 27.2 Å². The van der Waals surface area contributed by atoms with Crippen LogP contribution in [0.15, 0.2) is 24.0 Å². The lowest BCUT2D eigenvalue weighted by Crippen LogP contribution is -2.45. The summed E-state index contributed by atoms with van der Waals surface area (Å²) in [5.41, 5.74) is 5.65. The second kappa shape index (κ2) is 8.67. The SMILES string of the molecule is CC(=O)OC[C@H]1OC(N2C=CCC(C(N)=O)=C2)[C@H](OC(C)=O)[C@@H]1OC(C)=O. The van der Waals surface area contributed by atoms with Gasteiger partial charge in [-0.1, -0.05) is 6.08 Å². The zero-order valence-electron chi connectivity index (χ0n) is 15.2. The number of hydrogen-bond acceptors (Lipinski definition) is 9. The number of nitrogens with two attached hydrogens (primary N) is 1. The van der Waals surface area contributed by atoms with Crippen LogP contribution >= 0.6 is 0 Å². The van der Waals surface area contributed by atoms with Crippen LogP contribution in [-0.4, -0.2) is 59.9 Å². The van der Waals surface area contributed by atoms with Crippen molar-refractivity contribution in [2.75, 3.05) is 6.61 Å². The number of carbonyl (C=O) groups is 4. The lowest BCUT2D eigenvalue weighted by Gasteiger charge is -2.30. The molecule has 0 bridgehead atoms. The van der Waals surface area contributed by atoms with Crippen LogP contribution in [0.25, 0.3) is 0 Å². The molecule has 1 fully saturated rings. The van der Waals surface area contributed by atoms with Gasteiger partial charge in [0, 0.05) is 38.7 Å². The Kier molecular flexibility index (Phi) is 6.56. The van der Waals surface area contributed by atoms with Crippen molar-refractivity contribution in [2.24, 2.45) is 5.73 Å². The molecule has 0 saturated carbocycles. The zero-order chi connectivity index (χ0) is 20.1. The molecule has 1 unspecified atom stereocenters. The third-order valence-corrected chi connectivity index (χ3v) is 3.87. The van der Waals surface area contributed by atoms with Gasteiger partial charge in [-0.05, 0) is 6.42 Å². The van der Waals surface area contributed by atoms with Gasteiger partial charge in [0.2, 0.25) is 5.91 Å².